The first-order chi connectivity index (χ1) is 12.1. The molecule has 3 aromatic rings. The number of halogens is 1. The van der Waals surface area contributed by atoms with Crippen LogP contribution in [0.1, 0.15) is 17.0 Å². The fraction of sp³-hybridized carbons (Fsp3) is 0.100. The van der Waals surface area contributed by atoms with E-state index in [0.717, 1.165) is 31.5 Å². The van der Waals surface area contributed by atoms with Gasteiger partial charge in [-0.1, -0.05) is 24.8 Å². The van der Waals surface area contributed by atoms with Gasteiger partial charge in [-0.05, 0) is 71.0 Å². The number of fused-ring (bicyclic) bond motifs is 1. The van der Waals surface area contributed by atoms with Crippen LogP contribution in [0.2, 0.25) is 0 Å². The van der Waals surface area contributed by atoms with Crippen LogP contribution >= 0.6 is 22.6 Å². The predicted octanol–water partition coefficient (Wildman–Crippen LogP) is 5.10. The summed E-state index contributed by atoms with van der Waals surface area (Å²) >= 11 is 2.22. The van der Waals surface area contributed by atoms with Crippen LogP contribution in [0.25, 0.3) is 22.7 Å². The van der Waals surface area contributed by atoms with Crippen molar-refractivity contribution in [2.75, 3.05) is 6.61 Å². The highest BCUT2D eigenvalue weighted by atomic mass is 127. The number of nitrogens with one attached hydrogen (secondary N) is 1. The number of aryl methyl sites for hydroxylation is 1. The number of nitriles is 1. The molecule has 0 aliphatic heterocycles. The van der Waals surface area contributed by atoms with Crippen molar-refractivity contribution in [3.8, 4) is 11.8 Å². The molecule has 0 spiro atoms. The zero-order valence-corrected chi connectivity index (χ0v) is 15.9. The van der Waals surface area contributed by atoms with E-state index in [1.807, 2.05) is 49.4 Å². The molecule has 2 aromatic carbocycles. The quantitative estimate of drug-likeness (QED) is 0.340. The van der Waals surface area contributed by atoms with Crippen molar-refractivity contribution in [1.82, 2.24) is 9.97 Å². The number of hydrogen-bond donors (Lipinski definition) is 1. The lowest BCUT2D eigenvalue weighted by atomic mass is 10.1. The number of ether oxygens (including phenoxy) is 1. The molecule has 0 atom stereocenters. The van der Waals surface area contributed by atoms with Crippen LogP contribution in [0.3, 0.4) is 0 Å². The minimum Gasteiger partial charge on any atom is -0.488 e. The number of imidazole rings is 1. The molecule has 1 aromatic heterocycles. The fourth-order valence-electron chi connectivity index (χ4n) is 2.44. The van der Waals surface area contributed by atoms with Gasteiger partial charge in [-0.2, -0.15) is 5.26 Å². The summed E-state index contributed by atoms with van der Waals surface area (Å²) < 4.78 is 6.56. The van der Waals surface area contributed by atoms with Crippen molar-refractivity contribution in [2.45, 2.75) is 6.92 Å². The maximum absolute atomic E-state index is 9.54. The lowest BCUT2D eigenvalue weighted by Crippen LogP contribution is -1.95. The fourth-order valence-corrected chi connectivity index (χ4v) is 3.14. The molecule has 0 aliphatic rings. The van der Waals surface area contributed by atoms with Gasteiger partial charge < -0.3 is 9.72 Å². The molecule has 0 unspecified atom stereocenters. The second-order valence-electron chi connectivity index (χ2n) is 5.57. The van der Waals surface area contributed by atoms with Gasteiger partial charge in [0, 0.05) is 0 Å². The summed E-state index contributed by atoms with van der Waals surface area (Å²) in [5.41, 5.74) is 4.34. The molecule has 124 valence electrons. The third-order valence-corrected chi connectivity index (χ3v) is 4.48. The van der Waals surface area contributed by atoms with Crippen molar-refractivity contribution in [3.05, 3.63) is 69.6 Å². The molecule has 0 amide bonds. The minimum absolute atomic E-state index is 0.465. The van der Waals surface area contributed by atoms with Gasteiger partial charge in [0.2, 0.25) is 0 Å². The second-order valence-corrected chi connectivity index (χ2v) is 6.73. The molecule has 0 aliphatic carbocycles. The van der Waals surface area contributed by atoms with Gasteiger partial charge in [0.15, 0.2) is 0 Å². The van der Waals surface area contributed by atoms with Crippen LogP contribution in [0, 0.1) is 21.8 Å². The maximum atomic E-state index is 9.54. The van der Waals surface area contributed by atoms with Gasteiger partial charge >= 0.3 is 0 Å². The number of aromatic amines is 1. The van der Waals surface area contributed by atoms with E-state index in [4.69, 9.17) is 4.74 Å². The zero-order chi connectivity index (χ0) is 17.8. The first kappa shape index (κ1) is 17.2. The van der Waals surface area contributed by atoms with Crippen LogP contribution in [0.5, 0.6) is 5.75 Å². The largest absolute Gasteiger partial charge is 0.488 e. The van der Waals surface area contributed by atoms with Crippen LogP contribution in [-0.4, -0.2) is 16.6 Å². The highest BCUT2D eigenvalue weighted by Gasteiger charge is 2.09. The summed E-state index contributed by atoms with van der Waals surface area (Å²) in [5, 5.41) is 9.54. The van der Waals surface area contributed by atoms with E-state index in [1.165, 1.54) is 0 Å². The lowest BCUT2D eigenvalue weighted by Gasteiger charge is -2.06. The third-order valence-electron chi connectivity index (χ3n) is 3.64. The Bertz CT molecular complexity index is 1010. The van der Waals surface area contributed by atoms with Crippen molar-refractivity contribution in [1.29, 1.82) is 5.26 Å². The molecular formula is C20H16IN3O. The Morgan fingerprint density at radius 3 is 2.92 bits per heavy atom. The number of H-pyrrole nitrogens is 1. The van der Waals surface area contributed by atoms with E-state index < -0.39 is 0 Å². The summed E-state index contributed by atoms with van der Waals surface area (Å²) in [4.78, 5) is 7.74. The van der Waals surface area contributed by atoms with Gasteiger partial charge in [0.05, 0.1) is 20.2 Å². The molecule has 0 saturated heterocycles. The SMILES string of the molecule is C=CCOc1ccc(/C=C(/C#N)c2nc3ccc(C)cc3[nH]2)cc1I. The summed E-state index contributed by atoms with van der Waals surface area (Å²) in [6, 6.07) is 14.0. The molecule has 1 heterocycles. The van der Waals surface area contributed by atoms with Gasteiger partial charge in [-0.15, -0.1) is 0 Å². The molecule has 5 heteroatoms. The molecular weight excluding hydrogens is 425 g/mol. The van der Waals surface area contributed by atoms with E-state index in [-0.39, 0.29) is 0 Å². The number of nitrogens with zero attached hydrogens (tertiary/aromatic N) is 2. The van der Waals surface area contributed by atoms with Crippen LogP contribution < -0.4 is 4.74 Å². The Kier molecular flexibility index (Phi) is 5.19. The van der Waals surface area contributed by atoms with Gasteiger partial charge in [-0.3, -0.25) is 0 Å². The summed E-state index contributed by atoms with van der Waals surface area (Å²) in [6.07, 6.45) is 3.53. The van der Waals surface area contributed by atoms with Crippen LogP contribution in [0.15, 0.2) is 49.1 Å². The van der Waals surface area contributed by atoms with E-state index in [1.54, 1.807) is 6.08 Å². The molecule has 25 heavy (non-hydrogen) atoms. The third kappa shape index (κ3) is 3.91. The first-order valence-electron chi connectivity index (χ1n) is 7.72. The lowest BCUT2D eigenvalue weighted by molar-refractivity contribution is 0.360. The molecule has 0 bridgehead atoms. The van der Waals surface area contributed by atoms with E-state index in [0.29, 0.717) is 18.0 Å². The normalized spacial score (nSPS) is 11.3. The number of rotatable bonds is 5. The van der Waals surface area contributed by atoms with Crippen molar-refractivity contribution in [2.24, 2.45) is 0 Å². The first-order valence-corrected chi connectivity index (χ1v) is 8.80. The van der Waals surface area contributed by atoms with E-state index in [9.17, 15) is 5.26 Å². The Hall–Kier alpha value is -2.59. The van der Waals surface area contributed by atoms with Gasteiger partial charge in [-0.25, -0.2) is 4.98 Å². The Labute approximate surface area is 160 Å². The Balaban J connectivity index is 1.95. The molecule has 0 fully saturated rings. The van der Waals surface area contributed by atoms with E-state index >= 15 is 0 Å². The maximum Gasteiger partial charge on any atom is 0.149 e. The van der Waals surface area contributed by atoms with Crippen molar-refractivity contribution in [3.63, 3.8) is 0 Å². The van der Waals surface area contributed by atoms with Crippen LogP contribution in [-0.2, 0) is 0 Å². The highest BCUT2D eigenvalue weighted by Crippen LogP contribution is 2.25. The molecule has 4 nitrogen and oxygen atoms in total. The topological polar surface area (TPSA) is 61.7 Å². The summed E-state index contributed by atoms with van der Waals surface area (Å²) in [6.45, 7) is 6.14. The standard InChI is InChI=1S/C20H16IN3O/c1-3-8-25-19-7-5-14(11-16(19)21)10-15(12-22)20-23-17-6-4-13(2)9-18(17)24-20/h3-7,9-11H,1,8H2,2H3,(H,23,24)/b15-10-. The molecule has 0 saturated carbocycles. The zero-order valence-electron chi connectivity index (χ0n) is 13.7. The number of aromatic nitrogens is 2. The minimum atomic E-state index is 0.465. The second kappa shape index (κ2) is 7.53. The summed E-state index contributed by atoms with van der Waals surface area (Å²) in [7, 11) is 0. The average molecular weight is 441 g/mol. The highest BCUT2D eigenvalue weighted by molar-refractivity contribution is 14.1. The smallest absolute Gasteiger partial charge is 0.149 e. The Morgan fingerprint density at radius 1 is 1.36 bits per heavy atom. The molecule has 0 radical (unpaired) electrons. The average Bonchev–Trinajstić information content (AvgIpc) is 3.01. The molecule has 3 rings (SSSR count). The molecule has 1 N–H and O–H groups in total. The number of allylic oxidation sites excluding steroid dienone is 1. The van der Waals surface area contributed by atoms with Crippen molar-refractivity contribution < 1.29 is 4.74 Å². The monoisotopic (exact) mass is 441 g/mol. The Morgan fingerprint density at radius 2 is 2.20 bits per heavy atom. The van der Waals surface area contributed by atoms with Gasteiger partial charge in [0.25, 0.3) is 0 Å². The number of benzene rings is 2. The summed E-state index contributed by atoms with van der Waals surface area (Å²) in [5.74, 6) is 1.38. The predicted molar refractivity (Wildman–Crippen MR) is 109 cm³/mol. The van der Waals surface area contributed by atoms with Gasteiger partial charge in [0.1, 0.15) is 24.3 Å². The van der Waals surface area contributed by atoms with Crippen molar-refractivity contribution >= 4 is 45.3 Å². The van der Waals surface area contributed by atoms with Crippen LogP contribution in [0.4, 0.5) is 0 Å². The number of hydrogen-bond acceptors (Lipinski definition) is 3. The van der Waals surface area contributed by atoms with E-state index in [2.05, 4.69) is 45.2 Å².